The molecule has 6 heteroatoms. The fraction of sp³-hybridized carbons (Fsp3) is 0.333. The van der Waals surface area contributed by atoms with Crippen LogP contribution in [0.1, 0.15) is 11.3 Å². The Morgan fingerprint density at radius 1 is 1.39 bits per heavy atom. The summed E-state index contributed by atoms with van der Waals surface area (Å²) in [6.07, 6.45) is 3.50. The molecule has 1 unspecified atom stereocenters. The van der Waals surface area contributed by atoms with Crippen LogP contribution in [-0.2, 0) is 19.9 Å². The standard InChI is InChI=1S/C12H16BrN5/c1-18-8-11(16-17-18)7-10(15-14)6-9-4-2-3-5-12(9)13/h2-5,8,10,15H,6-7,14H2,1H3. The number of aryl methyl sites for hydroxylation is 1. The van der Waals surface area contributed by atoms with Gasteiger partial charge in [0.1, 0.15) is 0 Å². The predicted molar refractivity (Wildman–Crippen MR) is 73.7 cm³/mol. The Labute approximate surface area is 114 Å². The van der Waals surface area contributed by atoms with E-state index in [1.165, 1.54) is 5.56 Å². The number of nitrogens with zero attached hydrogens (tertiary/aromatic N) is 3. The number of nitrogens with two attached hydrogens (primary N) is 1. The lowest BCUT2D eigenvalue weighted by Crippen LogP contribution is -2.38. The third-order valence-corrected chi connectivity index (χ3v) is 3.54. The molecule has 0 aliphatic carbocycles. The zero-order chi connectivity index (χ0) is 13.0. The molecule has 96 valence electrons. The van der Waals surface area contributed by atoms with Crippen LogP contribution < -0.4 is 11.3 Å². The molecule has 0 saturated heterocycles. The Kier molecular flexibility index (Phi) is 4.46. The van der Waals surface area contributed by atoms with E-state index in [4.69, 9.17) is 5.84 Å². The molecule has 0 aliphatic rings. The quantitative estimate of drug-likeness (QED) is 0.643. The van der Waals surface area contributed by atoms with Gasteiger partial charge in [0.05, 0.1) is 5.69 Å². The van der Waals surface area contributed by atoms with Crippen molar-refractivity contribution in [3.63, 3.8) is 0 Å². The van der Waals surface area contributed by atoms with E-state index < -0.39 is 0 Å². The van der Waals surface area contributed by atoms with Gasteiger partial charge in [0.15, 0.2) is 0 Å². The van der Waals surface area contributed by atoms with Gasteiger partial charge in [-0.1, -0.05) is 39.3 Å². The number of aromatic nitrogens is 3. The highest BCUT2D eigenvalue weighted by molar-refractivity contribution is 9.10. The van der Waals surface area contributed by atoms with Crippen LogP contribution in [0.25, 0.3) is 0 Å². The van der Waals surface area contributed by atoms with Crippen molar-refractivity contribution in [2.45, 2.75) is 18.9 Å². The first kappa shape index (κ1) is 13.2. The van der Waals surface area contributed by atoms with Crippen LogP contribution in [0.15, 0.2) is 34.9 Å². The van der Waals surface area contributed by atoms with Crippen LogP contribution in [-0.4, -0.2) is 21.0 Å². The zero-order valence-corrected chi connectivity index (χ0v) is 11.8. The van der Waals surface area contributed by atoms with Gasteiger partial charge >= 0.3 is 0 Å². The summed E-state index contributed by atoms with van der Waals surface area (Å²) in [6, 6.07) is 8.29. The minimum atomic E-state index is 0.139. The van der Waals surface area contributed by atoms with Gasteiger partial charge in [-0.15, -0.1) is 5.10 Å². The minimum Gasteiger partial charge on any atom is -0.271 e. The van der Waals surface area contributed by atoms with Crippen molar-refractivity contribution in [1.29, 1.82) is 0 Å². The number of benzene rings is 1. The molecule has 0 spiro atoms. The van der Waals surface area contributed by atoms with Gasteiger partial charge in [0.2, 0.25) is 0 Å². The highest BCUT2D eigenvalue weighted by Gasteiger charge is 2.12. The fourth-order valence-corrected chi connectivity index (χ4v) is 2.31. The minimum absolute atomic E-state index is 0.139. The molecule has 1 atom stereocenters. The third-order valence-electron chi connectivity index (χ3n) is 2.77. The average Bonchev–Trinajstić information content (AvgIpc) is 2.76. The molecule has 2 rings (SSSR count). The van der Waals surface area contributed by atoms with Crippen molar-refractivity contribution in [3.8, 4) is 0 Å². The van der Waals surface area contributed by atoms with Crippen molar-refractivity contribution >= 4 is 15.9 Å². The maximum Gasteiger partial charge on any atom is 0.0843 e. The second kappa shape index (κ2) is 6.08. The zero-order valence-electron chi connectivity index (χ0n) is 10.2. The fourth-order valence-electron chi connectivity index (χ4n) is 1.86. The maximum atomic E-state index is 5.61. The van der Waals surface area contributed by atoms with E-state index >= 15 is 0 Å². The largest absolute Gasteiger partial charge is 0.271 e. The van der Waals surface area contributed by atoms with E-state index in [0.29, 0.717) is 0 Å². The topological polar surface area (TPSA) is 68.8 Å². The number of nitrogens with one attached hydrogen (secondary N) is 1. The lowest BCUT2D eigenvalue weighted by atomic mass is 10.0. The number of rotatable bonds is 5. The molecule has 0 amide bonds. The Balaban J connectivity index is 2.04. The first-order chi connectivity index (χ1) is 8.69. The van der Waals surface area contributed by atoms with E-state index in [2.05, 4.69) is 37.7 Å². The Bertz CT molecular complexity index is 511. The van der Waals surface area contributed by atoms with Crippen LogP contribution in [0.2, 0.25) is 0 Å². The molecule has 0 radical (unpaired) electrons. The molecule has 1 aromatic heterocycles. The molecule has 0 aliphatic heterocycles. The first-order valence-corrected chi connectivity index (χ1v) is 6.53. The molecule has 0 fully saturated rings. The summed E-state index contributed by atoms with van der Waals surface area (Å²) in [5, 5.41) is 7.99. The molecular weight excluding hydrogens is 294 g/mol. The number of hydrogen-bond acceptors (Lipinski definition) is 4. The first-order valence-electron chi connectivity index (χ1n) is 5.73. The number of halogens is 1. The summed E-state index contributed by atoms with van der Waals surface area (Å²) in [7, 11) is 1.86. The molecule has 2 aromatic rings. The number of hydrogen-bond donors (Lipinski definition) is 2. The number of hydrazine groups is 1. The van der Waals surface area contributed by atoms with E-state index in [9.17, 15) is 0 Å². The molecule has 18 heavy (non-hydrogen) atoms. The normalized spacial score (nSPS) is 12.6. The highest BCUT2D eigenvalue weighted by atomic mass is 79.9. The van der Waals surface area contributed by atoms with E-state index in [1.54, 1.807) is 4.68 Å². The predicted octanol–water partition coefficient (Wildman–Crippen LogP) is 1.19. The molecule has 1 heterocycles. The SMILES string of the molecule is Cn1cc(CC(Cc2ccccc2Br)NN)nn1. The average molecular weight is 310 g/mol. The van der Waals surface area contributed by atoms with Gasteiger partial charge in [-0.05, 0) is 18.1 Å². The van der Waals surface area contributed by atoms with E-state index in [1.807, 2.05) is 31.4 Å². The van der Waals surface area contributed by atoms with Crippen molar-refractivity contribution < 1.29 is 0 Å². The Hall–Kier alpha value is -1.24. The highest BCUT2D eigenvalue weighted by Crippen LogP contribution is 2.18. The van der Waals surface area contributed by atoms with Crippen molar-refractivity contribution in [3.05, 3.63) is 46.2 Å². The molecule has 5 nitrogen and oxygen atoms in total. The third kappa shape index (κ3) is 3.38. The molecule has 0 saturated carbocycles. The van der Waals surface area contributed by atoms with Crippen LogP contribution in [0, 0.1) is 0 Å². The summed E-state index contributed by atoms with van der Waals surface area (Å²) in [5.41, 5.74) is 5.00. The van der Waals surface area contributed by atoms with Gasteiger partial charge in [-0.25, -0.2) is 0 Å². The monoisotopic (exact) mass is 309 g/mol. The summed E-state index contributed by atoms with van der Waals surface area (Å²) >= 11 is 3.54. The van der Waals surface area contributed by atoms with Gasteiger partial charge < -0.3 is 0 Å². The van der Waals surface area contributed by atoms with Crippen LogP contribution in [0.4, 0.5) is 0 Å². The lowest BCUT2D eigenvalue weighted by molar-refractivity contribution is 0.516. The summed E-state index contributed by atoms with van der Waals surface area (Å²) in [6.45, 7) is 0. The van der Waals surface area contributed by atoms with Crippen molar-refractivity contribution in [2.24, 2.45) is 12.9 Å². The molecular formula is C12H16BrN5. The second-order valence-electron chi connectivity index (χ2n) is 4.25. The summed E-state index contributed by atoms with van der Waals surface area (Å²) in [5.74, 6) is 5.61. The van der Waals surface area contributed by atoms with Gasteiger partial charge in [0, 0.05) is 30.2 Å². The Morgan fingerprint density at radius 3 is 2.78 bits per heavy atom. The van der Waals surface area contributed by atoms with Crippen LogP contribution in [0.3, 0.4) is 0 Å². The van der Waals surface area contributed by atoms with E-state index in [-0.39, 0.29) is 6.04 Å². The molecule has 0 bridgehead atoms. The maximum absolute atomic E-state index is 5.61. The molecule has 3 N–H and O–H groups in total. The molecule has 1 aromatic carbocycles. The van der Waals surface area contributed by atoms with E-state index in [0.717, 1.165) is 23.0 Å². The second-order valence-corrected chi connectivity index (χ2v) is 5.10. The smallest absolute Gasteiger partial charge is 0.0843 e. The summed E-state index contributed by atoms with van der Waals surface area (Å²) in [4.78, 5) is 0. The van der Waals surface area contributed by atoms with Crippen molar-refractivity contribution in [2.75, 3.05) is 0 Å². The van der Waals surface area contributed by atoms with Gasteiger partial charge in [-0.3, -0.25) is 16.0 Å². The lowest BCUT2D eigenvalue weighted by Gasteiger charge is -2.15. The van der Waals surface area contributed by atoms with Gasteiger partial charge in [-0.2, -0.15) is 0 Å². The Morgan fingerprint density at radius 2 is 2.17 bits per heavy atom. The van der Waals surface area contributed by atoms with Gasteiger partial charge in [0.25, 0.3) is 0 Å². The summed E-state index contributed by atoms with van der Waals surface area (Å²) < 4.78 is 2.80. The van der Waals surface area contributed by atoms with Crippen molar-refractivity contribution in [1.82, 2.24) is 20.4 Å². The van der Waals surface area contributed by atoms with Crippen LogP contribution >= 0.6 is 15.9 Å². The van der Waals surface area contributed by atoms with Crippen LogP contribution in [0.5, 0.6) is 0 Å².